The predicted octanol–water partition coefficient (Wildman–Crippen LogP) is 4.11. The molecule has 2 atom stereocenters. The summed E-state index contributed by atoms with van der Waals surface area (Å²) < 4.78 is 24.9. The van der Waals surface area contributed by atoms with E-state index in [4.69, 9.17) is 0 Å². The van der Waals surface area contributed by atoms with E-state index < -0.39 is 9.84 Å². The Morgan fingerprint density at radius 2 is 1.80 bits per heavy atom. The van der Waals surface area contributed by atoms with E-state index in [0.29, 0.717) is 16.7 Å². The highest BCUT2D eigenvalue weighted by atomic mass is 32.2. The number of sulfone groups is 1. The molecule has 106 valence electrons. The van der Waals surface area contributed by atoms with Crippen LogP contribution in [0.1, 0.15) is 32.1 Å². The van der Waals surface area contributed by atoms with E-state index >= 15 is 0 Å². The molecule has 0 heterocycles. The van der Waals surface area contributed by atoms with Crippen molar-refractivity contribution >= 4 is 9.84 Å². The van der Waals surface area contributed by atoms with Crippen LogP contribution in [-0.4, -0.2) is 8.42 Å². The first-order chi connectivity index (χ1) is 9.67. The van der Waals surface area contributed by atoms with Gasteiger partial charge in [-0.25, -0.2) is 8.42 Å². The highest BCUT2D eigenvalue weighted by Gasteiger charge is 2.29. The molecule has 20 heavy (non-hydrogen) atoms. The highest BCUT2D eigenvalue weighted by molar-refractivity contribution is 7.94. The molecule has 3 rings (SSSR count). The second kappa shape index (κ2) is 5.57. The van der Waals surface area contributed by atoms with E-state index in [-0.39, 0.29) is 0 Å². The predicted molar refractivity (Wildman–Crippen MR) is 80.9 cm³/mol. The first kappa shape index (κ1) is 13.6. The van der Waals surface area contributed by atoms with Crippen molar-refractivity contribution in [3.05, 3.63) is 53.5 Å². The van der Waals surface area contributed by atoms with E-state index in [1.165, 1.54) is 24.7 Å². The van der Waals surface area contributed by atoms with Crippen LogP contribution in [0.5, 0.6) is 0 Å². The van der Waals surface area contributed by atoms with Crippen molar-refractivity contribution < 1.29 is 8.42 Å². The van der Waals surface area contributed by atoms with Crippen LogP contribution in [0.2, 0.25) is 0 Å². The van der Waals surface area contributed by atoms with E-state index in [2.05, 4.69) is 12.2 Å². The normalized spacial score (nSPS) is 28.3. The molecule has 1 aromatic rings. The molecule has 1 saturated carbocycles. The molecule has 0 unspecified atom stereocenters. The fourth-order valence-electron chi connectivity index (χ4n) is 3.39. The van der Waals surface area contributed by atoms with Gasteiger partial charge in [0.15, 0.2) is 9.84 Å². The van der Waals surface area contributed by atoms with E-state index in [9.17, 15) is 8.42 Å². The topological polar surface area (TPSA) is 34.1 Å². The molecular weight excluding hydrogens is 268 g/mol. The molecular formula is C17H20O2S. The van der Waals surface area contributed by atoms with Gasteiger partial charge in [0, 0.05) is 5.41 Å². The van der Waals surface area contributed by atoms with E-state index in [1.807, 2.05) is 6.07 Å². The molecule has 0 spiro atoms. The van der Waals surface area contributed by atoms with Crippen LogP contribution in [0.15, 0.2) is 58.4 Å². The SMILES string of the molecule is O=S(=O)(/C=C1/CC=C[C@@H]2CCCC[C@@H]12)c1ccccc1. The second-order valence-corrected chi connectivity index (χ2v) is 7.54. The maximum atomic E-state index is 12.5. The Morgan fingerprint density at radius 3 is 2.60 bits per heavy atom. The van der Waals surface area contributed by atoms with Gasteiger partial charge < -0.3 is 0 Å². The molecule has 2 aliphatic rings. The van der Waals surface area contributed by atoms with Crippen molar-refractivity contribution in [1.29, 1.82) is 0 Å². The van der Waals surface area contributed by atoms with Gasteiger partial charge in [-0.1, -0.05) is 48.8 Å². The minimum atomic E-state index is -3.31. The Hall–Kier alpha value is -1.35. The fraction of sp³-hybridized carbons (Fsp3) is 0.412. The molecule has 0 bridgehead atoms. The third-order valence-corrected chi connectivity index (χ3v) is 5.95. The molecule has 2 nitrogen and oxygen atoms in total. The molecule has 3 heteroatoms. The molecule has 0 aliphatic heterocycles. The minimum Gasteiger partial charge on any atom is -0.219 e. The van der Waals surface area contributed by atoms with Crippen LogP contribution < -0.4 is 0 Å². The maximum absolute atomic E-state index is 12.5. The Bertz CT molecular complexity index is 626. The molecule has 0 N–H and O–H groups in total. The lowest BCUT2D eigenvalue weighted by atomic mass is 9.72. The average molecular weight is 288 g/mol. The smallest absolute Gasteiger partial charge is 0.199 e. The molecule has 2 aliphatic carbocycles. The van der Waals surface area contributed by atoms with Crippen LogP contribution in [0.25, 0.3) is 0 Å². The van der Waals surface area contributed by atoms with Crippen molar-refractivity contribution in [2.24, 2.45) is 11.8 Å². The average Bonchev–Trinajstić information content (AvgIpc) is 2.48. The number of hydrogen-bond donors (Lipinski definition) is 0. The van der Waals surface area contributed by atoms with Crippen LogP contribution in [0.3, 0.4) is 0 Å². The van der Waals surface area contributed by atoms with Crippen molar-refractivity contribution in [2.75, 3.05) is 0 Å². The van der Waals surface area contributed by atoms with Gasteiger partial charge in [-0.3, -0.25) is 0 Å². The largest absolute Gasteiger partial charge is 0.219 e. The number of rotatable bonds is 2. The summed E-state index contributed by atoms with van der Waals surface area (Å²) >= 11 is 0. The zero-order valence-electron chi connectivity index (χ0n) is 11.5. The van der Waals surface area contributed by atoms with Gasteiger partial charge in [0.05, 0.1) is 4.90 Å². The van der Waals surface area contributed by atoms with Gasteiger partial charge in [-0.05, 0) is 43.2 Å². The highest BCUT2D eigenvalue weighted by Crippen LogP contribution is 2.40. The van der Waals surface area contributed by atoms with Gasteiger partial charge in [0.25, 0.3) is 0 Å². The number of hydrogen-bond acceptors (Lipinski definition) is 2. The van der Waals surface area contributed by atoms with Gasteiger partial charge in [-0.2, -0.15) is 0 Å². The summed E-state index contributed by atoms with van der Waals surface area (Å²) in [5, 5.41) is 1.54. The number of benzene rings is 1. The molecule has 0 saturated heterocycles. The van der Waals surface area contributed by atoms with Crippen molar-refractivity contribution in [2.45, 2.75) is 37.0 Å². The summed E-state index contributed by atoms with van der Waals surface area (Å²) in [6.45, 7) is 0. The van der Waals surface area contributed by atoms with Gasteiger partial charge in [0.1, 0.15) is 0 Å². The third kappa shape index (κ3) is 2.73. The van der Waals surface area contributed by atoms with Crippen molar-refractivity contribution in [1.82, 2.24) is 0 Å². The first-order valence-electron chi connectivity index (χ1n) is 7.34. The van der Waals surface area contributed by atoms with Crippen LogP contribution in [0.4, 0.5) is 0 Å². The Balaban J connectivity index is 1.93. The Morgan fingerprint density at radius 1 is 1.05 bits per heavy atom. The number of fused-ring (bicyclic) bond motifs is 1. The van der Waals surface area contributed by atoms with Gasteiger partial charge in [0.2, 0.25) is 0 Å². The second-order valence-electron chi connectivity index (χ2n) is 5.74. The summed E-state index contributed by atoms with van der Waals surface area (Å²) in [6, 6.07) is 8.73. The lowest BCUT2D eigenvalue weighted by molar-refractivity contribution is 0.313. The molecule has 0 amide bonds. The molecule has 1 fully saturated rings. The zero-order valence-corrected chi connectivity index (χ0v) is 12.4. The Labute approximate surface area is 121 Å². The quantitative estimate of drug-likeness (QED) is 0.767. The van der Waals surface area contributed by atoms with Crippen LogP contribution >= 0.6 is 0 Å². The summed E-state index contributed by atoms with van der Waals surface area (Å²) in [6.07, 6.45) is 10.0. The number of allylic oxidation sites excluding steroid dienone is 3. The molecule has 0 aromatic heterocycles. The maximum Gasteiger partial charge on any atom is 0.199 e. The van der Waals surface area contributed by atoms with E-state index in [0.717, 1.165) is 18.4 Å². The first-order valence-corrected chi connectivity index (χ1v) is 8.89. The molecule has 1 aromatic carbocycles. The van der Waals surface area contributed by atoms with Gasteiger partial charge in [-0.15, -0.1) is 0 Å². The monoisotopic (exact) mass is 288 g/mol. The lowest BCUT2D eigenvalue weighted by Gasteiger charge is -2.34. The summed E-state index contributed by atoms with van der Waals surface area (Å²) in [7, 11) is -3.31. The van der Waals surface area contributed by atoms with Crippen molar-refractivity contribution in [3.8, 4) is 0 Å². The van der Waals surface area contributed by atoms with Crippen LogP contribution in [-0.2, 0) is 9.84 Å². The summed E-state index contributed by atoms with van der Waals surface area (Å²) in [5.74, 6) is 0.988. The van der Waals surface area contributed by atoms with Gasteiger partial charge >= 0.3 is 0 Å². The standard InChI is InChI=1S/C17H20O2S/c18-20(19,16-10-2-1-3-11-16)13-15-9-6-8-14-7-4-5-12-17(14)15/h1-3,6,8,10-11,13-14,17H,4-5,7,9,12H2/b15-13-/t14-,17+/m0/s1. The lowest BCUT2D eigenvalue weighted by Crippen LogP contribution is -2.22. The van der Waals surface area contributed by atoms with E-state index in [1.54, 1.807) is 24.3 Å². The van der Waals surface area contributed by atoms with Crippen molar-refractivity contribution in [3.63, 3.8) is 0 Å². The Kier molecular flexibility index (Phi) is 3.79. The van der Waals surface area contributed by atoms with Crippen LogP contribution in [0, 0.1) is 11.8 Å². The minimum absolute atomic E-state index is 0.398. The zero-order chi connectivity index (χ0) is 14.0. The molecule has 0 radical (unpaired) electrons. The summed E-state index contributed by atoms with van der Waals surface area (Å²) in [5.41, 5.74) is 1.10. The summed E-state index contributed by atoms with van der Waals surface area (Å²) in [4.78, 5) is 0.398. The third-order valence-electron chi connectivity index (χ3n) is 4.41. The fourth-order valence-corrected chi connectivity index (χ4v) is 4.74.